The van der Waals surface area contributed by atoms with E-state index >= 15 is 0 Å². The highest BCUT2D eigenvalue weighted by Gasteiger charge is 2.52. The molecule has 3 heterocycles. The summed E-state index contributed by atoms with van der Waals surface area (Å²) in [5.41, 5.74) is 7.66. The highest BCUT2D eigenvalue weighted by Crippen LogP contribution is 2.48. The number of esters is 1. The van der Waals surface area contributed by atoms with Crippen LogP contribution < -0.4 is 15.3 Å². The minimum atomic E-state index is -4.20. The van der Waals surface area contributed by atoms with E-state index in [1.807, 2.05) is 37.3 Å². The zero-order valence-corrected chi connectivity index (χ0v) is 25.8. The first-order valence-electron chi connectivity index (χ1n) is 14.1. The molecule has 5 rings (SSSR count). The highest BCUT2D eigenvalue weighted by molar-refractivity contribution is 7.52. The van der Waals surface area contributed by atoms with Crippen molar-refractivity contribution in [2.75, 3.05) is 6.61 Å². The average Bonchev–Trinajstić information content (AvgIpc) is 3.49. The molecule has 0 aromatic heterocycles. The highest BCUT2D eigenvalue weighted by atomic mass is 31.2. The average molecular weight is 626 g/mol. The quantitative estimate of drug-likeness (QED) is 0.253. The Morgan fingerprint density at radius 2 is 1.89 bits per heavy atom. The number of nitrogens with one attached hydrogen (secondary N) is 1. The summed E-state index contributed by atoms with van der Waals surface area (Å²) in [6.45, 7) is 6.69. The van der Waals surface area contributed by atoms with Crippen LogP contribution >= 0.6 is 7.75 Å². The second kappa shape index (κ2) is 12.9. The van der Waals surface area contributed by atoms with Crippen LogP contribution in [0.1, 0.15) is 38.3 Å². The fraction of sp³-hybridized carbons (Fsp3) is 0.355. The number of fused-ring (bicyclic) bond motifs is 1. The maximum atomic E-state index is 14.1. The number of nitrogens with two attached hydrogens (primary N) is 1. The number of allylic oxidation sites excluding steroid dienone is 1. The topological polar surface area (TPSA) is 148 Å². The number of carbonyl (C=O) groups is 2. The number of ether oxygens (including phenoxy) is 4. The summed E-state index contributed by atoms with van der Waals surface area (Å²) in [7, 11) is -4.20. The first kappa shape index (κ1) is 31.3. The van der Waals surface area contributed by atoms with Gasteiger partial charge in [-0.15, -0.1) is 0 Å². The van der Waals surface area contributed by atoms with E-state index in [9.17, 15) is 14.2 Å². The van der Waals surface area contributed by atoms with Crippen molar-refractivity contribution in [1.82, 2.24) is 9.99 Å². The van der Waals surface area contributed by atoms with Gasteiger partial charge < -0.3 is 29.2 Å². The largest absolute Gasteiger partial charge is 0.467 e. The van der Waals surface area contributed by atoms with E-state index in [1.54, 1.807) is 61.5 Å². The summed E-state index contributed by atoms with van der Waals surface area (Å²) in [4.78, 5) is 26.2. The number of benzene rings is 2. The third kappa shape index (κ3) is 7.51. The minimum absolute atomic E-state index is 0.0501. The molecule has 2 aromatic carbocycles. The first-order valence-corrected chi connectivity index (χ1v) is 15.7. The predicted molar refractivity (Wildman–Crippen MR) is 159 cm³/mol. The Labute approximate surface area is 256 Å². The Morgan fingerprint density at radius 3 is 2.59 bits per heavy atom. The maximum Gasteiger partial charge on any atom is 0.459 e. The van der Waals surface area contributed by atoms with Gasteiger partial charge in [0.2, 0.25) is 17.6 Å². The molecule has 2 aromatic rings. The molecule has 0 radical (unpaired) electrons. The van der Waals surface area contributed by atoms with Crippen molar-refractivity contribution in [3.05, 3.63) is 101 Å². The number of carbonyl (C=O) groups excluding carboxylic acids is 2. The molecular weight excluding hydrogens is 589 g/mol. The molecule has 234 valence electrons. The van der Waals surface area contributed by atoms with Gasteiger partial charge in [-0.05, 0) is 38.0 Å². The number of amides is 1. The Bertz CT molecular complexity index is 1520. The lowest BCUT2D eigenvalue weighted by Gasteiger charge is -2.27. The van der Waals surface area contributed by atoms with Gasteiger partial charge in [-0.25, -0.2) is 4.57 Å². The summed E-state index contributed by atoms with van der Waals surface area (Å²) in [6.07, 6.45) is 3.89. The van der Waals surface area contributed by atoms with Crippen LogP contribution in [-0.4, -0.2) is 47.4 Å². The molecule has 44 heavy (non-hydrogen) atoms. The molecule has 4 atom stereocenters. The van der Waals surface area contributed by atoms with E-state index in [2.05, 4.69) is 5.09 Å². The summed E-state index contributed by atoms with van der Waals surface area (Å²) >= 11 is 0. The van der Waals surface area contributed by atoms with Crippen molar-refractivity contribution in [3.8, 4) is 5.75 Å². The minimum Gasteiger partial charge on any atom is -0.467 e. The third-order valence-electron chi connectivity index (χ3n) is 6.87. The summed E-state index contributed by atoms with van der Waals surface area (Å²) in [5, 5.41) is 2.70. The van der Waals surface area contributed by atoms with E-state index in [0.717, 1.165) is 11.1 Å². The first-order chi connectivity index (χ1) is 20.9. The Balaban J connectivity index is 1.32. The molecule has 1 saturated heterocycles. The molecule has 12 nitrogen and oxygen atoms in total. The van der Waals surface area contributed by atoms with Crippen molar-refractivity contribution in [2.45, 2.75) is 64.8 Å². The van der Waals surface area contributed by atoms with Gasteiger partial charge in [-0.3, -0.25) is 19.0 Å². The molecule has 1 fully saturated rings. The van der Waals surface area contributed by atoms with E-state index < -0.39 is 43.7 Å². The lowest BCUT2D eigenvalue weighted by atomic mass is 10.1. The van der Waals surface area contributed by atoms with Crippen LogP contribution in [0.15, 0.2) is 90.3 Å². The number of nitrogens with zero attached hydrogens (tertiary/aromatic N) is 1. The molecule has 3 aliphatic rings. The van der Waals surface area contributed by atoms with Gasteiger partial charge in [-0.1, -0.05) is 54.1 Å². The lowest BCUT2D eigenvalue weighted by Crippen LogP contribution is -2.37. The molecule has 1 amide bonds. The van der Waals surface area contributed by atoms with Crippen LogP contribution in [0.5, 0.6) is 5.75 Å². The Hall–Kier alpha value is -4.09. The van der Waals surface area contributed by atoms with Crippen LogP contribution in [0, 0.1) is 6.92 Å². The van der Waals surface area contributed by atoms with Gasteiger partial charge in [-0.2, -0.15) is 5.09 Å². The van der Waals surface area contributed by atoms with Crippen LogP contribution in [0.2, 0.25) is 0 Å². The fourth-order valence-electron chi connectivity index (χ4n) is 4.68. The van der Waals surface area contributed by atoms with Crippen molar-refractivity contribution in [2.24, 2.45) is 5.73 Å². The van der Waals surface area contributed by atoms with Crippen LogP contribution in [0.25, 0.3) is 0 Å². The number of hydrogen-bond donors (Lipinski definition) is 2. The number of primary amides is 1. The fourth-order valence-corrected chi connectivity index (χ4v) is 6.18. The van der Waals surface area contributed by atoms with Crippen molar-refractivity contribution in [3.63, 3.8) is 0 Å². The SMILES string of the molecule is Cc1ccc(OP(=O)(NC(C)C(=O)OCc2ccccc2)OCC2OC(N3C=CCC(C(N)=O)=C3)=C3OC(C)(C)O[C@@H]32)cc1. The normalized spacial score (nSPS) is 22.3. The van der Waals surface area contributed by atoms with Crippen LogP contribution in [-0.2, 0) is 44.2 Å². The molecule has 0 bridgehead atoms. The van der Waals surface area contributed by atoms with Crippen LogP contribution in [0.4, 0.5) is 0 Å². The third-order valence-corrected chi connectivity index (χ3v) is 8.51. The monoisotopic (exact) mass is 625 g/mol. The van der Waals surface area contributed by atoms with Crippen molar-refractivity contribution >= 4 is 19.6 Å². The van der Waals surface area contributed by atoms with Crippen molar-refractivity contribution in [1.29, 1.82) is 0 Å². The predicted octanol–water partition coefficient (Wildman–Crippen LogP) is 4.53. The van der Waals surface area contributed by atoms with Gasteiger partial charge in [0.05, 0.1) is 6.61 Å². The molecular formula is C31H36N3O9P. The molecule has 0 saturated carbocycles. The van der Waals surface area contributed by atoms with Gasteiger partial charge >= 0.3 is 13.7 Å². The zero-order valence-electron chi connectivity index (χ0n) is 24.9. The second-order valence-corrected chi connectivity index (χ2v) is 12.7. The molecule has 3 N–H and O–H groups in total. The van der Waals surface area contributed by atoms with Gasteiger partial charge in [0.25, 0.3) is 0 Å². The molecule has 13 heteroatoms. The second-order valence-electron chi connectivity index (χ2n) is 11.0. The standard InChI is InChI=1S/C31H36N3O9P/c1-20-12-14-24(15-13-20)43-44(37,33-21(2)30(36)38-18-22-9-6-5-7-10-22)39-19-25-26-27(42-31(3,4)41-26)29(40-25)34-16-8-11-23(17-34)28(32)35/h5-10,12-17,21,25-26H,11,18-19H2,1-4H3,(H2,32,35)(H,33,37)/t21?,25?,26-,44?/m1/s1. The molecule has 3 aliphatic heterocycles. The number of hydrogen-bond acceptors (Lipinski definition) is 10. The molecule has 0 aliphatic carbocycles. The molecule has 3 unspecified atom stereocenters. The molecule has 0 spiro atoms. The van der Waals surface area contributed by atoms with E-state index in [4.69, 9.17) is 33.7 Å². The van der Waals surface area contributed by atoms with Gasteiger partial charge in [0.1, 0.15) is 18.4 Å². The van der Waals surface area contributed by atoms with Crippen LogP contribution in [0.3, 0.4) is 0 Å². The maximum absolute atomic E-state index is 14.1. The smallest absolute Gasteiger partial charge is 0.459 e. The lowest BCUT2D eigenvalue weighted by molar-refractivity contribution is -0.160. The van der Waals surface area contributed by atoms with E-state index in [0.29, 0.717) is 17.8 Å². The number of rotatable bonds is 12. The van der Waals surface area contributed by atoms with Crippen molar-refractivity contribution < 1.29 is 42.1 Å². The Kier molecular flexibility index (Phi) is 9.17. The summed E-state index contributed by atoms with van der Waals surface area (Å²) < 4.78 is 49.6. The zero-order chi connectivity index (χ0) is 31.5. The van der Waals surface area contributed by atoms with E-state index in [-0.39, 0.29) is 24.8 Å². The summed E-state index contributed by atoms with van der Waals surface area (Å²) in [5.74, 6) is -1.25. The van der Waals surface area contributed by atoms with E-state index in [1.165, 1.54) is 6.92 Å². The summed E-state index contributed by atoms with van der Waals surface area (Å²) in [6, 6.07) is 15.1. The van der Waals surface area contributed by atoms with Gasteiger partial charge in [0, 0.05) is 31.8 Å². The number of aryl methyl sites for hydroxylation is 1. The Morgan fingerprint density at radius 1 is 1.16 bits per heavy atom. The van der Waals surface area contributed by atoms with Gasteiger partial charge in [0.15, 0.2) is 18.0 Å².